The fraction of sp³-hybridized carbons (Fsp3) is 0.500. The molecule has 5 nitrogen and oxygen atoms in total. The van der Waals surface area contributed by atoms with Gasteiger partial charge in [0.15, 0.2) is 0 Å². The second-order valence-corrected chi connectivity index (χ2v) is 10.5. The third kappa shape index (κ3) is 6.78. The van der Waals surface area contributed by atoms with E-state index in [4.69, 9.17) is 4.74 Å². The van der Waals surface area contributed by atoms with Crippen molar-refractivity contribution in [3.63, 3.8) is 0 Å². The number of alkyl halides is 9. The van der Waals surface area contributed by atoms with Gasteiger partial charge >= 0.3 is 24.6 Å². The molecule has 0 radical (unpaired) electrons. The summed E-state index contributed by atoms with van der Waals surface area (Å²) in [6, 6.07) is 1.70. The number of halogens is 9. The number of fused-ring (bicyclic) bond motifs is 1. The van der Waals surface area contributed by atoms with Gasteiger partial charge in [0.05, 0.1) is 35.0 Å². The fourth-order valence-corrected chi connectivity index (χ4v) is 5.28. The van der Waals surface area contributed by atoms with Crippen LogP contribution >= 0.6 is 0 Å². The van der Waals surface area contributed by atoms with Crippen LogP contribution < -0.4 is 4.90 Å². The molecule has 2 atom stereocenters. The number of nitrogens with zero attached hydrogens (tertiary/aromatic N) is 2. The minimum absolute atomic E-state index is 0.0310. The average Bonchev–Trinajstić information content (AvgIpc) is 3.73. The van der Waals surface area contributed by atoms with Crippen molar-refractivity contribution in [2.45, 2.75) is 76.7 Å². The molecule has 0 N–H and O–H groups in total. The Morgan fingerprint density at radius 2 is 1.45 bits per heavy atom. The first-order valence-corrected chi connectivity index (χ1v) is 13.1. The highest BCUT2D eigenvalue weighted by atomic mass is 19.4. The summed E-state index contributed by atoms with van der Waals surface area (Å²) in [5.41, 5.74) is -4.86. The van der Waals surface area contributed by atoms with E-state index in [1.807, 2.05) is 0 Å². The monoisotopic (exact) mass is 610 g/mol. The van der Waals surface area contributed by atoms with Crippen LogP contribution in [0.1, 0.15) is 73.4 Å². The van der Waals surface area contributed by atoms with Crippen molar-refractivity contribution >= 4 is 17.7 Å². The Hall–Kier alpha value is -3.45. The van der Waals surface area contributed by atoms with Crippen LogP contribution in [0.25, 0.3) is 0 Å². The number of ether oxygens (including phenoxy) is 1. The Labute approximate surface area is 235 Å². The highest BCUT2D eigenvalue weighted by Crippen LogP contribution is 2.50. The molecule has 1 heterocycles. The summed E-state index contributed by atoms with van der Waals surface area (Å²) in [4.78, 5) is 28.2. The number of anilines is 1. The molecule has 0 bridgehead atoms. The van der Waals surface area contributed by atoms with Crippen LogP contribution in [0.3, 0.4) is 0 Å². The first-order chi connectivity index (χ1) is 19.4. The maximum atomic E-state index is 13.7. The zero-order chi connectivity index (χ0) is 31.2. The molecule has 2 amide bonds. The summed E-state index contributed by atoms with van der Waals surface area (Å²) >= 11 is 0. The van der Waals surface area contributed by atoms with Crippen molar-refractivity contribution in [3.05, 3.63) is 64.2 Å². The highest BCUT2D eigenvalue weighted by Gasteiger charge is 2.47. The van der Waals surface area contributed by atoms with Crippen LogP contribution in [0.4, 0.5) is 50.0 Å². The predicted molar refractivity (Wildman–Crippen MR) is 132 cm³/mol. The lowest BCUT2D eigenvalue weighted by molar-refractivity contribution is -0.143. The zero-order valence-electron chi connectivity index (χ0n) is 22.5. The van der Waals surface area contributed by atoms with Crippen molar-refractivity contribution < 1.29 is 53.8 Å². The van der Waals surface area contributed by atoms with Crippen LogP contribution in [0.15, 0.2) is 36.4 Å². The molecule has 14 heteroatoms. The predicted octanol–water partition coefficient (Wildman–Crippen LogP) is 8.37. The van der Waals surface area contributed by atoms with Crippen LogP contribution in [-0.2, 0) is 34.6 Å². The van der Waals surface area contributed by atoms with Gasteiger partial charge in [-0.05, 0) is 79.1 Å². The molecule has 1 aliphatic heterocycles. The minimum atomic E-state index is -5.13. The van der Waals surface area contributed by atoms with E-state index in [2.05, 4.69) is 0 Å². The smallest absolute Gasteiger partial charge is 0.416 e. The summed E-state index contributed by atoms with van der Waals surface area (Å²) in [5, 5.41) is 0. The van der Waals surface area contributed by atoms with Crippen LogP contribution in [0, 0.1) is 5.92 Å². The van der Waals surface area contributed by atoms with Crippen LogP contribution in [-0.4, -0.2) is 29.5 Å². The summed E-state index contributed by atoms with van der Waals surface area (Å²) in [5.74, 6) is -0.873. The number of hydrogen-bond donors (Lipinski definition) is 0. The maximum absolute atomic E-state index is 13.7. The molecule has 230 valence electrons. The molecule has 0 unspecified atom stereocenters. The van der Waals surface area contributed by atoms with E-state index in [1.54, 1.807) is 6.92 Å². The van der Waals surface area contributed by atoms with Gasteiger partial charge in [-0.3, -0.25) is 9.69 Å². The second kappa shape index (κ2) is 11.3. The molecule has 0 spiro atoms. The molecule has 1 saturated carbocycles. The summed E-state index contributed by atoms with van der Waals surface area (Å²) < 4.78 is 127. The van der Waals surface area contributed by atoms with Crippen molar-refractivity contribution in [2.24, 2.45) is 5.92 Å². The topological polar surface area (TPSA) is 49.9 Å². The van der Waals surface area contributed by atoms with E-state index >= 15 is 0 Å². The Bertz CT molecular complexity index is 1300. The van der Waals surface area contributed by atoms with Gasteiger partial charge in [0, 0.05) is 19.5 Å². The molecular weight excluding hydrogens is 583 g/mol. The molecule has 0 aromatic heterocycles. The number of carbonyl (C=O) groups is 2. The first kappa shape index (κ1) is 31.5. The molecule has 2 aromatic rings. The molecule has 2 aliphatic rings. The van der Waals surface area contributed by atoms with E-state index in [9.17, 15) is 49.1 Å². The summed E-state index contributed by atoms with van der Waals surface area (Å²) in [7, 11) is 0. The number of benzene rings is 2. The van der Waals surface area contributed by atoms with Gasteiger partial charge in [0.1, 0.15) is 0 Å². The minimum Gasteiger partial charge on any atom is -0.449 e. The molecular formula is C28H27F9N2O3. The SMILES string of the molecule is CCCOC(=O)N1c2ccc(C(F)(F)F)cc2[C@H](N(Cc2cc(C(F)(F)F)cc(C(F)(F)F)c2)C(C)=O)C[C@@H]1C1CC1. The van der Waals surface area contributed by atoms with Gasteiger partial charge in [0.2, 0.25) is 5.91 Å². The van der Waals surface area contributed by atoms with Crippen LogP contribution in [0.5, 0.6) is 0 Å². The second-order valence-electron chi connectivity index (χ2n) is 10.5. The van der Waals surface area contributed by atoms with E-state index in [0.29, 0.717) is 31.4 Å². The van der Waals surface area contributed by atoms with Gasteiger partial charge < -0.3 is 9.64 Å². The fourth-order valence-electron chi connectivity index (χ4n) is 5.28. The lowest BCUT2D eigenvalue weighted by Gasteiger charge is -2.44. The summed E-state index contributed by atoms with van der Waals surface area (Å²) in [6.07, 6.45) is -14.1. The van der Waals surface area contributed by atoms with E-state index in [1.165, 1.54) is 4.90 Å². The van der Waals surface area contributed by atoms with Gasteiger partial charge in [-0.1, -0.05) is 6.92 Å². The number of rotatable bonds is 6. The molecule has 4 rings (SSSR count). The lowest BCUT2D eigenvalue weighted by Crippen LogP contribution is -2.49. The highest BCUT2D eigenvalue weighted by molar-refractivity contribution is 5.91. The normalized spacial score (nSPS) is 19.4. The first-order valence-electron chi connectivity index (χ1n) is 13.1. The van der Waals surface area contributed by atoms with Crippen LogP contribution in [0.2, 0.25) is 0 Å². The van der Waals surface area contributed by atoms with Crippen molar-refractivity contribution in [1.82, 2.24) is 4.90 Å². The molecule has 1 aliphatic carbocycles. The average molecular weight is 611 g/mol. The molecule has 42 heavy (non-hydrogen) atoms. The number of carbonyl (C=O) groups excluding carboxylic acids is 2. The lowest BCUT2D eigenvalue weighted by atomic mass is 9.86. The van der Waals surface area contributed by atoms with Gasteiger partial charge in [-0.15, -0.1) is 0 Å². The molecule has 1 fully saturated rings. The van der Waals surface area contributed by atoms with E-state index in [0.717, 1.165) is 30.0 Å². The Balaban J connectivity index is 1.85. The third-order valence-corrected chi connectivity index (χ3v) is 7.34. The van der Waals surface area contributed by atoms with Crippen molar-refractivity contribution in [1.29, 1.82) is 0 Å². The number of amides is 2. The standard InChI is InChI=1S/C28H27F9N2O3/c1-3-8-42-25(41)39-22-7-6-18(26(29,30)31)12-21(22)24(13-23(39)17-4-5-17)38(15(2)40)14-16-9-19(27(32,33)34)11-20(10-16)28(35,36)37/h6-7,9-12,17,23-24H,3-5,8,13-14H2,1-2H3/t23-,24-/m1/s1. The maximum Gasteiger partial charge on any atom is 0.416 e. The Morgan fingerprint density at radius 1 is 0.881 bits per heavy atom. The van der Waals surface area contributed by atoms with Gasteiger partial charge in [-0.2, -0.15) is 39.5 Å². The van der Waals surface area contributed by atoms with E-state index in [-0.39, 0.29) is 36.3 Å². The number of hydrogen-bond acceptors (Lipinski definition) is 3. The zero-order valence-corrected chi connectivity index (χ0v) is 22.5. The Kier molecular flexibility index (Phi) is 8.49. The quantitative estimate of drug-likeness (QED) is 0.309. The van der Waals surface area contributed by atoms with E-state index < -0.39 is 71.4 Å². The third-order valence-electron chi connectivity index (χ3n) is 7.34. The summed E-state index contributed by atoms with van der Waals surface area (Å²) in [6.45, 7) is 2.08. The van der Waals surface area contributed by atoms with Gasteiger partial charge in [-0.25, -0.2) is 4.79 Å². The Morgan fingerprint density at radius 3 is 1.93 bits per heavy atom. The van der Waals surface area contributed by atoms with Crippen molar-refractivity contribution in [3.8, 4) is 0 Å². The van der Waals surface area contributed by atoms with Crippen molar-refractivity contribution in [2.75, 3.05) is 11.5 Å². The molecule has 0 saturated heterocycles. The molecule has 2 aromatic carbocycles. The van der Waals surface area contributed by atoms with Gasteiger partial charge in [0.25, 0.3) is 0 Å². The largest absolute Gasteiger partial charge is 0.449 e.